The molecule has 1 aromatic carbocycles. The number of benzene rings is 1. The van der Waals surface area contributed by atoms with Crippen LogP contribution < -0.4 is 10.2 Å². The molecule has 0 spiro atoms. The van der Waals surface area contributed by atoms with Crippen LogP contribution in [0.25, 0.3) is 0 Å². The summed E-state index contributed by atoms with van der Waals surface area (Å²) in [5, 5.41) is 12.2. The van der Waals surface area contributed by atoms with Crippen LogP contribution in [0.2, 0.25) is 0 Å². The minimum Gasteiger partial charge on any atom is -0.508 e. The highest BCUT2D eigenvalue weighted by atomic mass is 32.2. The van der Waals surface area contributed by atoms with Crippen molar-refractivity contribution in [3.05, 3.63) is 24.3 Å². The average molecular weight is 353 g/mol. The Kier molecular flexibility index (Phi) is 4.96. The van der Waals surface area contributed by atoms with E-state index in [0.717, 1.165) is 31.9 Å². The van der Waals surface area contributed by atoms with E-state index in [1.54, 1.807) is 12.1 Å². The molecular weight excluding hydrogens is 330 g/mol. The minimum absolute atomic E-state index is 0.0629. The van der Waals surface area contributed by atoms with Crippen LogP contribution in [0.1, 0.15) is 6.42 Å². The number of piperazine rings is 1. The van der Waals surface area contributed by atoms with Gasteiger partial charge in [0.05, 0.1) is 18.1 Å². The third-order valence-electron chi connectivity index (χ3n) is 4.55. The molecule has 2 fully saturated rings. The molecule has 2 aliphatic rings. The van der Waals surface area contributed by atoms with Gasteiger partial charge >= 0.3 is 0 Å². The van der Waals surface area contributed by atoms with Crippen molar-refractivity contribution >= 4 is 21.4 Å². The molecule has 0 saturated carbocycles. The van der Waals surface area contributed by atoms with Gasteiger partial charge in [-0.3, -0.25) is 9.69 Å². The number of carbonyl (C=O) groups excluding carboxylic acids is 1. The number of phenolic OH excluding ortho intramolecular Hbond substituents is 1. The molecule has 2 heterocycles. The third kappa shape index (κ3) is 4.39. The first-order valence-corrected chi connectivity index (χ1v) is 9.99. The molecule has 8 heteroatoms. The van der Waals surface area contributed by atoms with Crippen LogP contribution in [0.5, 0.6) is 5.75 Å². The van der Waals surface area contributed by atoms with Crippen LogP contribution in [0.15, 0.2) is 24.3 Å². The van der Waals surface area contributed by atoms with Crippen molar-refractivity contribution in [2.45, 2.75) is 12.5 Å². The smallest absolute Gasteiger partial charge is 0.234 e. The van der Waals surface area contributed by atoms with Gasteiger partial charge < -0.3 is 15.3 Å². The Hall–Kier alpha value is -1.80. The summed E-state index contributed by atoms with van der Waals surface area (Å²) < 4.78 is 22.8. The summed E-state index contributed by atoms with van der Waals surface area (Å²) in [6.45, 7) is 3.49. The predicted octanol–water partition coefficient (Wildman–Crippen LogP) is -0.182. The van der Waals surface area contributed by atoms with Crippen molar-refractivity contribution in [1.29, 1.82) is 0 Å². The highest BCUT2D eigenvalue weighted by molar-refractivity contribution is 7.91. The van der Waals surface area contributed by atoms with Gasteiger partial charge in [0, 0.05) is 37.9 Å². The van der Waals surface area contributed by atoms with Gasteiger partial charge in [-0.2, -0.15) is 0 Å². The van der Waals surface area contributed by atoms with E-state index in [4.69, 9.17) is 0 Å². The first-order valence-electron chi connectivity index (χ1n) is 8.17. The summed E-state index contributed by atoms with van der Waals surface area (Å²) in [6, 6.07) is 6.88. The number of hydrogen-bond acceptors (Lipinski definition) is 6. The highest BCUT2D eigenvalue weighted by Crippen LogP contribution is 2.19. The summed E-state index contributed by atoms with van der Waals surface area (Å²) in [7, 11) is -2.97. The molecule has 0 unspecified atom stereocenters. The summed E-state index contributed by atoms with van der Waals surface area (Å²) in [4.78, 5) is 16.4. The molecule has 7 nitrogen and oxygen atoms in total. The molecule has 132 valence electrons. The van der Waals surface area contributed by atoms with Crippen molar-refractivity contribution in [1.82, 2.24) is 10.2 Å². The van der Waals surface area contributed by atoms with Crippen LogP contribution in [-0.2, 0) is 14.6 Å². The Balaban J connectivity index is 1.43. The number of hydrogen-bond donors (Lipinski definition) is 2. The van der Waals surface area contributed by atoms with Crippen LogP contribution in [-0.4, -0.2) is 74.6 Å². The summed E-state index contributed by atoms with van der Waals surface area (Å²) in [6.07, 6.45) is 0.517. The fourth-order valence-electron chi connectivity index (χ4n) is 3.21. The van der Waals surface area contributed by atoms with Gasteiger partial charge in [-0.05, 0) is 30.7 Å². The standard InChI is InChI=1S/C16H23N3O4S/c20-15-3-1-14(2-4-15)19-8-6-18(7-9-19)11-16(21)17-13-5-10-24(22,23)12-13/h1-4,13,20H,5-12H2,(H,17,21)/t13-/m0/s1. The Labute approximate surface area is 142 Å². The first-order chi connectivity index (χ1) is 11.4. The molecule has 2 aliphatic heterocycles. The molecule has 2 saturated heterocycles. The van der Waals surface area contributed by atoms with E-state index < -0.39 is 9.84 Å². The summed E-state index contributed by atoms with van der Waals surface area (Å²) in [5.41, 5.74) is 1.06. The number of phenols is 1. The quantitative estimate of drug-likeness (QED) is 0.780. The maximum absolute atomic E-state index is 12.1. The Morgan fingerprint density at radius 2 is 1.83 bits per heavy atom. The van der Waals surface area contributed by atoms with E-state index in [0.29, 0.717) is 13.0 Å². The van der Waals surface area contributed by atoms with E-state index in [2.05, 4.69) is 15.1 Å². The third-order valence-corrected chi connectivity index (χ3v) is 6.32. The molecule has 1 atom stereocenters. The molecule has 2 N–H and O–H groups in total. The van der Waals surface area contributed by atoms with Crippen molar-refractivity contribution in [3.63, 3.8) is 0 Å². The number of amides is 1. The molecule has 0 radical (unpaired) electrons. The molecule has 0 aromatic heterocycles. The molecule has 1 aromatic rings. The number of nitrogens with one attached hydrogen (secondary N) is 1. The van der Waals surface area contributed by atoms with E-state index in [-0.39, 0.29) is 29.2 Å². The Morgan fingerprint density at radius 3 is 2.42 bits per heavy atom. The Morgan fingerprint density at radius 1 is 1.17 bits per heavy atom. The maximum Gasteiger partial charge on any atom is 0.234 e. The maximum atomic E-state index is 12.1. The van der Waals surface area contributed by atoms with Gasteiger partial charge in [-0.1, -0.05) is 0 Å². The highest BCUT2D eigenvalue weighted by Gasteiger charge is 2.29. The number of carbonyl (C=O) groups is 1. The number of sulfone groups is 1. The number of nitrogens with zero attached hydrogens (tertiary/aromatic N) is 2. The lowest BCUT2D eigenvalue weighted by Crippen LogP contribution is -2.50. The molecule has 0 aliphatic carbocycles. The zero-order valence-corrected chi connectivity index (χ0v) is 14.3. The van der Waals surface area contributed by atoms with Gasteiger partial charge in [0.15, 0.2) is 9.84 Å². The molecular formula is C16H23N3O4S. The van der Waals surface area contributed by atoms with E-state index >= 15 is 0 Å². The second kappa shape index (κ2) is 6.98. The lowest BCUT2D eigenvalue weighted by molar-refractivity contribution is -0.122. The minimum atomic E-state index is -2.97. The van der Waals surface area contributed by atoms with Crippen molar-refractivity contribution in [3.8, 4) is 5.75 Å². The number of aromatic hydroxyl groups is 1. The molecule has 1 amide bonds. The zero-order valence-electron chi connectivity index (χ0n) is 13.5. The van der Waals surface area contributed by atoms with Crippen LogP contribution in [0.3, 0.4) is 0 Å². The van der Waals surface area contributed by atoms with Gasteiger partial charge in [-0.15, -0.1) is 0 Å². The van der Waals surface area contributed by atoms with E-state index in [1.807, 2.05) is 12.1 Å². The zero-order chi connectivity index (χ0) is 17.2. The second-order valence-electron chi connectivity index (χ2n) is 6.45. The molecule has 3 rings (SSSR count). The lowest BCUT2D eigenvalue weighted by Gasteiger charge is -2.35. The van der Waals surface area contributed by atoms with Crippen molar-refractivity contribution < 1.29 is 18.3 Å². The van der Waals surface area contributed by atoms with Gasteiger partial charge in [0.25, 0.3) is 0 Å². The fraction of sp³-hybridized carbons (Fsp3) is 0.562. The SMILES string of the molecule is O=C(CN1CCN(c2ccc(O)cc2)CC1)N[C@H]1CCS(=O)(=O)C1. The fourth-order valence-corrected chi connectivity index (χ4v) is 4.89. The van der Waals surface area contributed by atoms with E-state index in [1.165, 1.54) is 0 Å². The van der Waals surface area contributed by atoms with Crippen molar-refractivity contribution in [2.24, 2.45) is 0 Å². The van der Waals surface area contributed by atoms with Crippen LogP contribution in [0.4, 0.5) is 5.69 Å². The van der Waals surface area contributed by atoms with Gasteiger partial charge in [0.2, 0.25) is 5.91 Å². The predicted molar refractivity (Wildman–Crippen MR) is 92.0 cm³/mol. The summed E-state index contributed by atoms with van der Waals surface area (Å²) in [5.74, 6) is 0.384. The summed E-state index contributed by atoms with van der Waals surface area (Å²) >= 11 is 0. The largest absolute Gasteiger partial charge is 0.508 e. The number of anilines is 1. The molecule has 0 bridgehead atoms. The first kappa shape index (κ1) is 17.0. The number of rotatable bonds is 4. The van der Waals surface area contributed by atoms with Crippen molar-refractivity contribution in [2.75, 3.05) is 49.1 Å². The average Bonchev–Trinajstić information content (AvgIpc) is 2.87. The second-order valence-corrected chi connectivity index (χ2v) is 8.68. The van der Waals surface area contributed by atoms with Crippen LogP contribution in [0, 0.1) is 0 Å². The topological polar surface area (TPSA) is 89.9 Å². The van der Waals surface area contributed by atoms with Crippen LogP contribution >= 0.6 is 0 Å². The lowest BCUT2D eigenvalue weighted by atomic mass is 10.2. The van der Waals surface area contributed by atoms with E-state index in [9.17, 15) is 18.3 Å². The van der Waals surface area contributed by atoms with Gasteiger partial charge in [-0.25, -0.2) is 8.42 Å². The normalized spacial score (nSPS) is 24.0. The molecule has 24 heavy (non-hydrogen) atoms. The van der Waals surface area contributed by atoms with Gasteiger partial charge in [0.1, 0.15) is 5.75 Å². The Bertz CT molecular complexity index is 682. The monoisotopic (exact) mass is 353 g/mol.